The van der Waals surface area contributed by atoms with E-state index in [1.165, 1.54) is 12.1 Å². The maximum atomic E-state index is 12.5. The summed E-state index contributed by atoms with van der Waals surface area (Å²) in [6.07, 6.45) is 2.78. The van der Waals surface area contributed by atoms with Crippen LogP contribution in [0.3, 0.4) is 0 Å². The van der Waals surface area contributed by atoms with Crippen molar-refractivity contribution in [2.45, 2.75) is 36.2 Å². The van der Waals surface area contributed by atoms with Crippen molar-refractivity contribution in [1.29, 1.82) is 0 Å². The average molecular weight is 351 g/mol. The lowest BCUT2D eigenvalue weighted by molar-refractivity contribution is 0.535. The van der Waals surface area contributed by atoms with E-state index >= 15 is 0 Å². The van der Waals surface area contributed by atoms with Gasteiger partial charge in [0.1, 0.15) is 0 Å². The predicted octanol–water partition coefficient (Wildman–Crippen LogP) is 3.65. The minimum Gasteiger partial charge on any atom is -0.381 e. The molecule has 0 saturated heterocycles. The maximum Gasteiger partial charge on any atom is 0.240 e. The summed E-state index contributed by atoms with van der Waals surface area (Å²) in [5, 5.41) is 3.95. The highest BCUT2D eigenvalue weighted by molar-refractivity contribution is 7.89. The minimum absolute atomic E-state index is 0.0967. The highest BCUT2D eigenvalue weighted by atomic mass is 35.5. The van der Waals surface area contributed by atoms with Gasteiger partial charge in [-0.1, -0.05) is 29.8 Å². The molecule has 4 nitrogen and oxygen atoms in total. The van der Waals surface area contributed by atoms with Crippen LogP contribution in [-0.2, 0) is 10.0 Å². The quantitative estimate of drug-likeness (QED) is 0.865. The summed E-state index contributed by atoms with van der Waals surface area (Å²) in [5.41, 5.74) is 1.01. The SMILES string of the molecule is O=S(=O)(NC1CCCC1Nc1ccccc1)c1ccc(Cl)cc1. The largest absolute Gasteiger partial charge is 0.381 e. The third-order valence-corrected chi connectivity index (χ3v) is 5.83. The van der Waals surface area contributed by atoms with Crippen LogP contribution in [-0.4, -0.2) is 20.5 Å². The van der Waals surface area contributed by atoms with Crippen molar-refractivity contribution >= 4 is 27.3 Å². The third-order valence-electron chi connectivity index (χ3n) is 4.07. The molecule has 2 atom stereocenters. The molecule has 1 saturated carbocycles. The van der Waals surface area contributed by atoms with Crippen LogP contribution in [0.2, 0.25) is 5.02 Å². The first-order chi connectivity index (χ1) is 11.0. The highest BCUT2D eigenvalue weighted by Gasteiger charge is 2.31. The van der Waals surface area contributed by atoms with Crippen molar-refractivity contribution in [3.05, 3.63) is 59.6 Å². The maximum absolute atomic E-state index is 12.5. The third kappa shape index (κ3) is 4.05. The van der Waals surface area contributed by atoms with E-state index in [2.05, 4.69) is 10.0 Å². The standard InChI is InChI=1S/C17H19ClN2O2S/c18-13-9-11-15(12-10-13)23(21,22)20-17-8-4-7-16(17)19-14-5-2-1-3-6-14/h1-3,5-6,9-12,16-17,19-20H,4,7-8H2. The van der Waals surface area contributed by atoms with Crippen molar-refractivity contribution in [1.82, 2.24) is 4.72 Å². The Balaban J connectivity index is 1.72. The molecular formula is C17H19ClN2O2S. The zero-order chi connectivity index (χ0) is 16.3. The molecule has 1 aliphatic carbocycles. The van der Waals surface area contributed by atoms with Gasteiger partial charge in [0.25, 0.3) is 0 Å². The molecule has 0 bridgehead atoms. The van der Waals surface area contributed by atoms with Gasteiger partial charge >= 0.3 is 0 Å². The monoisotopic (exact) mass is 350 g/mol. The van der Waals surface area contributed by atoms with E-state index in [4.69, 9.17) is 11.6 Å². The number of hydrogen-bond donors (Lipinski definition) is 2. The minimum atomic E-state index is -3.53. The number of rotatable bonds is 5. The van der Waals surface area contributed by atoms with Crippen LogP contribution < -0.4 is 10.0 Å². The number of halogens is 1. The van der Waals surface area contributed by atoms with Gasteiger partial charge in [0, 0.05) is 22.8 Å². The molecule has 3 rings (SSSR count). The molecule has 0 aliphatic heterocycles. The summed E-state index contributed by atoms with van der Waals surface area (Å²) < 4.78 is 27.9. The van der Waals surface area contributed by atoms with Gasteiger partial charge in [-0.2, -0.15) is 0 Å². The van der Waals surface area contributed by atoms with Crippen LogP contribution >= 0.6 is 11.6 Å². The van der Waals surface area contributed by atoms with Gasteiger partial charge in [-0.15, -0.1) is 0 Å². The van der Waals surface area contributed by atoms with Crippen LogP contribution in [0.1, 0.15) is 19.3 Å². The molecule has 0 aromatic heterocycles. The molecule has 1 fully saturated rings. The molecule has 2 aromatic rings. The van der Waals surface area contributed by atoms with Crippen molar-refractivity contribution < 1.29 is 8.42 Å². The lowest BCUT2D eigenvalue weighted by Crippen LogP contribution is -2.43. The molecule has 6 heteroatoms. The van der Waals surface area contributed by atoms with Gasteiger partial charge in [0.05, 0.1) is 4.90 Å². The zero-order valence-electron chi connectivity index (χ0n) is 12.6. The van der Waals surface area contributed by atoms with E-state index in [0.29, 0.717) is 5.02 Å². The number of hydrogen-bond acceptors (Lipinski definition) is 3. The Morgan fingerprint density at radius 3 is 2.26 bits per heavy atom. The molecule has 1 aliphatic rings. The number of para-hydroxylation sites is 1. The van der Waals surface area contributed by atoms with Crippen molar-refractivity contribution in [3.63, 3.8) is 0 Å². The van der Waals surface area contributed by atoms with Crippen LogP contribution in [0.15, 0.2) is 59.5 Å². The Morgan fingerprint density at radius 2 is 1.57 bits per heavy atom. The summed E-state index contributed by atoms with van der Waals surface area (Å²) in [7, 11) is -3.53. The van der Waals surface area contributed by atoms with E-state index in [1.54, 1.807) is 12.1 Å². The average Bonchev–Trinajstić information content (AvgIpc) is 2.95. The molecule has 122 valence electrons. The molecular weight excluding hydrogens is 332 g/mol. The predicted molar refractivity (Wildman–Crippen MR) is 93.3 cm³/mol. The van der Waals surface area contributed by atoms with E-state index in [0.717, 1.165) is 24.9 Å². The Labute approximate surface area is 141 Å². The van der Waals surface area contributed by atoms with E-state index in [1.807, 2.05) is 30.3 Å². The van der Waals surface area contributed by atoms with Gasteiger partial charge in [-0.05, 0) is 55.7 Å². The molecule has 0 heterocycles. The van der Waals surface area contributed by atoms with Gasteiger partial charge in [-0.3, -0.25) is 0 Å². The lowest BCUT2D eigenvalue weighted by atomic mass is 10.2. The van der Waals surface area contributed by atoms with Gasteiger partial charge in [-0.25, -0.2) is 13.1 Å². The van der Waals surface area contributed by atoms with E-state index in [-0.39, 0.29) is 17.0 Å². The number of benzene rings is 2. The highest BCUT2D eigenvalue weighted by Crippen LogP contribution is 2.25. The Morgan fingerprint density at radius 1 is 0.913 bits per heavy atom. The fraction of sp³-hybridized carbons (Fsp3) is 0.294. The van der Waals surface area contributed by atoms with E-state index in [9.17, 15) is 8.42 Å². The second-order valence-electron chi connectivity index (χ2n) is 5.73. The Kier molecular flexibility index (Phi) is 4.90. The first-order valence-electron chi connectivity index (χ1n) is 7.64. The smallest absolute Gasteiger partial charge is 0.240 e. The Bertz CT molecular complexity index is 748. The van der Waals surface area contributed by atoms with Gasteiger partial charge < -0.3 is 5.32 Å². The summed E-state index contributed by atoms with van der Waals surface area (Å²) in [6.45, 7) is 0. The zero-order valence-corrected chi connectivity index (χ0v) is 14.1. The van der Waals surface area contributed by atoms with Crippen LogP contribution in [0.5, 0.6) is 0 Å². The van der Waals surface area contributed by atoms with Crippen molar-refractivity contribution in [2.24, 2.45) is 0 Å². The molecule has 2 aromatic carbocycles. The fourth-order valence-corrected chi connectivity index (χ4v) is 4.34. The van der Waals surface area contributed by atoms with Gasteiger partial charge in [0.15, 0.2) is 0 Å². The number of sulfonamides is 1. The first-order valence-corrected chi connectivity index (χ1v) is 9.50. The molecule has 23 heavy (non-hydrogen) atoms. The molecule has 0 amide bonds. The van der Waals surface area contributed by atoms with Crippen molar-refractivity contribution in [3.8, 4) is 0 Å². The van der Waals surface area contributed by atoms with Crippen molar-refractivity contribution in [2.75, 3.05) is 5.32 Å². The summed E-state index contributed by atoms with van der Waals surface area (Å²) in [5.74, 6) is 0. The normalized spacial score (nSPS) is 21.3. The van der Waals surface area contributed by atoms with Gasteiger partial charge in [0.2, 0.25) is 10.0 Å². The molecule has 0 spiro atoms. The Hall–Kier alpha value is -1.56. The summed E-state index contributed by atoms with van der Waals surface area (Å²) in [4.78, 5) is 0.243. The summed E-state index contributed by atoms with van der Waals surface area (Å²) >= 11 is 5.82. The second-order valence-corrected chi connectivity index (χ2v) is 7.88. The van der Waals surface area contributed by atoms with Crippen LogP contribution in [0, 0.1) is 0 Å². The van der Waals surface area contributed by atoms with Crippen LogP contribution in [0.4, 0.5) is 5.69 Å². The first kappa shape index (κ1) is 16.3. The number of anilines is 1. The lowest BCUT2D eigenvalue weighted by Gasteiger charge is -2.23. The fourth-order valence-electron chi connectivity index (χ4n) is 2.90. The molecule has 2 N–H and O–H groups in total. The number of nitrogens with one attached hydrogen (secondary N) is 2. The molecule has 2 unspecified atom stereocenters. The molecule has 0 radical (unpaired) electrons. The van der Waals surface area contributed by atoms with E-state index < -0.39 is 10.0 Å². The second kappa shape index (κ2) is 6.91. The van der Waals surface area contributed by atoms with Crippen LogP contribution in [0.25, 0.3) is 0 Å². The summed E-state index contributed by atoms with van der Waals surface area (Å²) in [6, 6.07) is 16.1. The topological polar surface area (TPSA) is 58.2 Å².